The maximum Gasteiger partial charge on any atom is 0.249 e. The molecule has 1 aliphatic rings. The molecule has 1 fully saturated rings. The van der Waals surface area contributed by atoms with Crippen molar-refractivity contribution in [2.45, 2.75) is 6.04 Å². The van der Waals surface area contributed by atoms with Crippen molar-refractivity contribution in [3.05, 3.63) is 71.8 Å². The number of nitrogens with zero attached hydrogens (tertiary/aromatic N) is 2. The van der Waals surface area contributed by atoms with E-state index < -0.39 is 0 Å². The highest BCUT2D eigenvalue weighted by molar-refractivity contribution is 7.80. The van der Waals surface area contributed by atoms with Gasteiger partial charge < -0.3 is 4.90 Å². The molecule has 0 aromatic heterocycles. The van der Waals surface area contributed by atoms with Crippen LogP contribution in [0.4, 0.5) is 0 Å². The maximum absolute atomic E-state index is 12.4. The average Bonchev–Trinajstić information content (AvgIpc) is 2.76. The fourth-order valence-corrected chi connectivity index (χ4v) is 2.92. The largest absolute Gasteiger partial charge is 0.342 e. The van der Waals surface area contributed by atoms with Crippen LogP contribution in [0.3, 0.4) is 0 Å². The minimum absolute atomic E-state index is 0.0419. The lowest BCUT2D eigenvalue weighted by Crippen LogP contribution is -2.35. The van der Waals surface area contributed by atoms with Crippen LogP contribution in [0.2, 0.25) is 0 Å². The van der Waals surface area contributed by atoms with Gasteiger partial charge in [0.1, 0.15) is 0 Å². The third kappa shape index (κ3) is 2.54. The maximum atomic E-state index is 12.4. The first-order chi connectivity index (χ1) is 10.2. The molecule has 0 atom stereocenters. The first-order valence-electron chi connectivity index (χ1n) is 6.85. The van der Waals surface area contributed by atoms with Crippen molar-refractivity contribution in [2.24, 2.45) is 0 Å². The zero-order chi connectivity index (χ0) is 14.8. The van der Waals surface area contributed by atoms with E-state index in [1.165, 1.54) is 0 Å². The molecule has 106 valence electrons. The number of hydrogen-bond donors (Lipinski definition) is 0. The van der Waals surface area contributed by atoms with Gasteiger partial charge in [-0.1, -0.05) is 60.7 Å². The number of benzene rings is 2. The van der Waals surface area contributed by atoms with Crippen LogP contribution in [0.25, 0.3) is 0 Å². The smallest absolute Gasteiger partial charge is 0.249 e. The SMILES string of the molecule is CN1CC(=O)N(C(c2ccccc2)c2ccccc2)C1=S. The topological polar surface area (TPSA) is 23.6 Å². The summed E-state index contributed by atoms with van der Waals surface area (Å²) in [5.41, 5.74) is 2.13. The van der Waals surface area contributed by atoms with E-state index in [2.05, 4.69) is 0 Å². The Bertz CT molecular complexity index is 618. The Balaban J connectivity index is 2.09. The van der Waals surface area contributed by atoms with Crippen molar-refractivity contribution in [3.63, 3.8) is 0 Å². The van der Waals surface area contributed by atoms with Crippen LogP contribution in [0.5, 0.6) is 0 Å². The normalized spacial score (nSPS) is 15.1. The molecule has 1 aliphatic heterocycles. The predicted octanol–water partition coefficient (Wildman–Crippen LogP) is 2.83. The predicted molar refractivity (Wildman–Crippen MR) is 86.8 cm³/mol. The van der Waals surface area contributed by atoms with Crippen LogP contribution in [0.1, 0.15) is 17.2 Å². The summed E-state index contributed by atoms with van der Waals surface area (Å²) in [4.78, 5) is 15.9. The van der Waals surface area contributed by atoms with Gasteiger partial charge in [-0.25, -0.2) is 0 Å². The Morgan fingerprint density at radius 3 is 1.81 bits per heavy atom. The van der Waals surface area contributed by atoms with E-state index in [9.17, 15) is 4.79 Å². The molecular formula is C17H16N2OS. The van der Waals surface area contributed by atoms with E-state index in [-0.39, 0.29) is 11.9 Å². The highest BCUT2D eigenvalue weighted by atomic mass is 32.1. The Morgan fingerprint density at radius 1 is 0.952 bits per heavy atom. The highest BCUT2D eigenvalue weighted by Gasteiger charge is 2.37. The van der Waals surface area contributed by atoms with E-state index in [1.807, 2.05) is 72.6 Å². The zero-order valence-electron chi connectivity index (χ0n) is 11.8. The number of hydrogen-bond acceptors (Lipinski definition) is 2. The molecule has 0 N–H and O–H groups in total. The van der Waals surface area contributed by atoms with E-state index >= 15 is 0 Å². The minimum Gasteiger partial charge on any atom is -0.342 e. The number of thiocarbonyl (C=S) groups is 1. The van der Waals surface area contributed by atoms with Crippen molar-refractivity contribution in [2.75, 3.05) is 13.6 Å². The Labute approximate surface area is 129 Å². The van der Waals surface area contributed by atoms with Crippen molar-refractivity contribution in [3.8, 4) is 0 Å². The third-order valence-corrected chi connectivity index (χ3v) is 4.17. The first kappa shape index (κ1) is 13.8. The van der Waals surface area contributed by atoms with Crippen molar-refractivity contribution >= 4 is 23.2 Å². The molecular weight excluding hydrogens is 280 g/mol. The van der Waals surface area contributed by atoms with E-state index in [0.717, 1.165) is 11.1 Å². The number of amides is 1. The lowest BCUT2D eigenvalue weighted by molar-refractivity contribution is -0.126. The van der Waals surface area contributed by atoms with E-state index in [0.29, 0.717) is 11.7 Å². The van der Waals surface area contributed by atoms with Gasteiger partial charge >= 0.3 is 0 Å². The molecule has 0 unspecified atom stereocenters. The molecule has 4 heteroatoms. The molecule has 21 heavy (non-hydrogen) atoms. The standard InChI is InChI=1S/C17H16N2OS/c1-18-12-15(20)19(17(18)21)16(13-8-4-2-5-9-13)14-10-6-3-7-11-14/h2-11,16H,12H2,1H3. The molecule has 2 aromatic rings. The second kappa shape index (κ2) is 5.66. The third-order valence-electron chi connectivity index (χ3n) is 3.66. The lowest BCUT2D eigenvalue weighted by Gasteiger charge is -2.28. The van der Waals surface area contributed by atoms with Crippen LogP contribution >= 0.6 is 12.2 Å². The minimum atomic E-state index is -0.169. The average molecular weight is 296 g/mol. The molecule has 3 nitrogen and oxygen atoms in total. The van der Waals surface area contributed by atoms with Crippen LogP contribution in [-0.4, -0.2) is 34.4 Å². The molecule has 0 bridgehead atoms. The summed E-state index contributed by atoms with van der Waals surface area (Å²) in [5.74, 6) is 0.0419. The van der Waals surface area contributed by atoms with Crippen molar-refractivity contribution < 1.29 is 4.79 Å². The molecule has 0 aliphatic carbocycles. The van der Waals surface area contributed by atoms with E-state index in [4.69, 9.17) is 12.2 Å². The highest BCUT2D eigenvalue weighted by Crippen LogP contribution is 2.31. The first-order valence-corrected chi connectivity index (χ1v) is 7.26. The van der Waals surface area contributed by atoms with Crippen LogP contribution in [0, 0.1) is 0 Å². The van der Waals surface area contributed by atoms with E-state index in [1.54, 1.807) is 4.90 Å². The molecule has 2 aromatic carbocycles. The summed E-state index contributed by atoms with van der Waals surface area (Å²) in [5, 5.41) is 0.581. The fraction of sp³-hybridized carbons (Fsp3) is 0.176. The molecule has 1 amide bonds. The van der Waals surface area contributed by atoms with Gasteiger partial charge in [0.25, 0.3) is 0 Å². The van der Waals surface area contributed by atoms with Gasteiger partial charge in [0, 0.05) is 7.05 Å². The summed E-state index contributed by atoms with van der Waals surface area (Å²) < 4.78 is 0. The van der Waals surface area contributed by atoms with Crippen molar-refractivity contribution in [1.29, 1.82) is 0 Å². The summed E-state index contributed by atoms with van der Waals surface area (Å²) in [6.07, 6.45) is 0. The molecule has 0 spiro atoms. The van der Waals surface area contributed by atoms with Gasteiger partial charge in [-0.05, 0) is 23.3 Å². The fourth-order valence-electron chi connectivity index (χ4n) is 2.65. The van der Waals surface area contributed by atoms with Gasteiger partial charge in [0.2, 0.25) is 5.91 Å². The van der Waals surface area contributed by atoms with Crippen LogP contribution < -0.4 is 0 Å². The van der Waals surface area contributed by atoms with Gasteiger partial charge in [-0.15, -0.1) is 0 Å². The summed E-state index contributed by atoms with van der Waals surface area (Å²) >= 11 is 5.45. The van der Waals surface area contributed by atoms with Gasteiger partial charge in [0.15, 0.2) is 5.11 Å². The number of likely N-dealkylation sites (N-methyl/N-ethyl adjacent to an activating group) is 1. The quantitative estimate of drug-likeness (QED) is 0.814. The second-order valence-corrected chi connectivity index (χ2v) is 5.49. The molecule has 0 saturated carbocycles. The molecule has 0 radical (unpaired) electrons. The Kier molecular flexibility index (Phi) is 3.71. The molecule has 1 heterocycles. The summed E-state index contributed by atoms with van der Waals surface area (Å²) in [7, 11) is 1.85. The lowest BCUT2D eigenvalue weighted by atomic mass is 9.97. The molecule has 3 rings (SSSR count). The summed E-state index contributed by atoms with van der Waals surface area (Å²) in [6.45, 7) is 0.342. The van der Waals surface area contributed by atoms with Crippen LogP contribution in [-0.2, 0) is 4.79 Å². The summed E-state index contributed by atoms with van der Waals surface area (Å²) in [6, 6.07) is 19.9. The van der Waals surface area contributed by atoms with Crippen molar-refractivity contribution in [1.82, 2.24) is 9.80 Å². The van der Waals surface area contributed by atoms with Gasteiger partial charge in [0.05, 0.1) is 12.6 Å². The number of carbonyl (C=O) groups excluding carboxylic acids is 1. The molecule has 1 saturated heterocycles. The van der Waals surface area contributed by atoms with Gasteiger partial charge in [-0.2, -0.15) is 0 Å². The Hall–Kier alpha value is -2.20. The number of carbonyl (C=O) groups is 1. The van der Waals surface area contributed by atoms with Crippen LogP contribution in [0.15, 0.2) is 60.7 Å². The Morgan fingerprint density at radius 2 is 1.43 bits per heavy atom. The number of rotatable bonds is 3. The van der Waals surface area contributed by atoms with Gasteiger partial charge in [-0.3, -0.25) is 9.69 Å². The zero-order valence-corrected chi connectivity index (χ0v) is 12.6. The second-order valence-electron chi connectivity index (χ2n) is 5.13. The monoisotopic (exact) mass is 296 g/mol.